The van der Waals surface area contributed by atoms with Crippen molar-refractivity contribution in [3.63, 3.8) is 0 Å². The Bertz CT molecular complexity index is 933. The van der Waals surface area contributed by atoms with Gasteiger partial charge in [-0.1, -0.05) is 17.7 Å². The molecule has 0 unspecified atom stereocenters. The van der Waals surface area contributed by atoms with Crippen molar-refractivity contribution in [2.45, 2.75) is 58.2 Å². The van der Waals surface area contributed by atoms with E-state index in [0.717, 1.165) is 56.7 Å². The van der Waals surface area contributed by atoms with Crippen molar-refractivity contribution in [2.75, 3.05) is 18.0 Å². The zero-order chi connectivity index (χ0) is 21.3. The number of likely N-dealkylation sites (tertiary alicyclic amines) is 2. The monoisotopic (exact) mass is 446 g/mol. The highest BCUT2D eigenvalue weighted by Crippen LogP contribution is 2.33. The van der Waals surface area contributed by atoms with Crippen LogP contribution >= 0.6 is 22.9 Å². The molecule has 4 rings (SSSR count). The van der Waals surface area contributed by atoms with Gasteiger partial charge in [0.25, 0.3) is 0 Å². The van der Waals surface area contributed by atoms with Gasteiger partial charge in [0, 0.05) is 49.4 Å². The molecular weight excluding hydrogens is 420 g/mol. The Balaban J connectivity index is 1.51. The van der Waals surface area contributed by atoms with Gasteiger partial charge in [-0.25, -0.2) is 4.98 Å². The van der Waals surface area contributed by atoms with Crippen LogP contribution in [-0.4, -0.2) is 51.8 Å². The number of benzene rings is 1. The van der Waals surface area contributed by atoms with Gasteiger partial charge in [-0.15, -0.1) is 11.3 Å². The predicted molar refractivity (Wildman–Crippen MR) is 120 cm³/mol. The van der Waals surface area contributed by atoms with Crippen LogP contribution in [0.2, 0.25) is 5.02 Å². The molecule has 160 valence electrons. The molecule has 0 spiro atoms. The first kappa shape index (κ1) is 21.3. The van der Waals surface area contributed by atoms with Crippen LogP contribution in [0, 0.1) is 0 Å². The lowest BCUT2D eigenvalue weighted by atomic mass is 10.0. The van der Waals surface area contributed by atoms with Crippen LogP contribution in [0.1, 0.15) is 45.2 Å². The van der Waals surface area contributed by atoms with E-state index >= 15 is 0 Å². The largest absolute Gasteiger partial charge is 0.338 e. The minimum atomic E-state index is -0.0970. The third-order valence-electron chi connectivity index (χ3n) is 6.04. The van der Waals surface area contributed by atoms with Crippen molar-refractivity contribution in [2.24, 2.45) is 0 Å². The van der Waals surface area contributed by atoms with Gasteiger partial charge in [-0.05, 0) is 50.4 Å². The Kier molecular flexibility index (Phi) is 6.41. The number of aromatic nitrogens is 1. The highest BCUT2D eigenvalue weighted by atomic mass is 35.5. The molecule has 0 radical (unpaired) electrons. The molecule has 2 atom stereocenters. The van der Waals surface area contributed by atoms with E-state index in [1.165, 1.54) is 18.3 Å². The molecule has 2 aromatic rings. The molecule has 0 saturated carbocycles. The predicted octanol–water partition coefficient (Wildman–Crippen LogP) is 4.46. The maximum absolute atomic E-state index is 12.3. The number of hydrogen-bond acceptors (Lipinski definition) is 5. The molecule has 6 nitrogen and oxygen atoms in total. The van der Waals surface area contributed by atoms with E-state index in [1.54, 1.807) is 24.0 Å². The lowest BCUT2D eigenvalue weighted by molar-refractivity contribution is -0.130. The second-order valence-corrected chi connectivity index (χ2v) is 9.33. The van der Waals surface area contributed by atoms with Crippen molar-refractivity contribution in [1.29, 1.82) is 0 Å². The Morgan fingerprint density at radius 3 is 2.70 bits per heavy atom. The van der Waals surface area contributed by atoms with Gasteiger partial charge in [0.1, 0.15) is 0 Å². The van der Waals surface area contributed by atoms with Gasteiger partial charge >= 0.3 is 0 Å². The number of carbonyl (C=O) groups excluding carboxylic acids is 2. The highest BCUT2D eigenvalue weighted by Gasteiger charge is 2.38. The molecule has 2 fully saturated rings. The van der Waals surface area contributed by atoms with Crippen LogP contribution in [0.5, 0.6) is 0 Å². The summed E-state index contributed by atoms with van der Waals surface area (Å²) in [5.74, 6) is 0.0826. The van der Waals surface area contributed by atoms with E-state index in [0.29, 0.717) is 22.2 Å². The molecule has 0 aliphatic carbocycles. The molecule has 0 N–H and O–H groups in total. The summed E-state index contributed by atoms with van der Waals surface area (Å²) in [5.41, 5.74) is 1.68. The third-order valence-corrected chi connectivity index (χ3v) is 7.15. The van der Waals surface area contributed by atoms with Gasteiger partial charge in [-0.2, -0.15) is 0 Å². The summed E-state index contributed by atoms with van der Waals surface area (Å²) in [6.07, 6.45) is 4.43. The number of thiazole rings is 1. The molecule has 1 aromatic carbocycles. The van der Waals surface area contributed by atoms with Gasteiger partial charge in [-0.3, -0.25) is 19.4 Å². The van der Waals surface area contributed by atoms with Crippen molar-refractivity contribution in [3.05, 3.63) is 40.4 Å². The Hall–Kier alpha value is -1.96. The first-order valence-corrected chi connectivity index (χ1v) is 11.7. The van der Waals surface area contributed by atoms with Crippen molar-refractivity contribution in [3.8, 4) is 0 Å². The lowest BCUT2D eigenvalue weighted by Gasteiger charge is -2.34. The average molecular weight is 447 g/mol. The van der Waals surface area contributed by atoms with Gasteiger partial charge < -0.3 is 4.90 Å². The fourth-order valence-electron chi connectivity index (χ4n) is 4.79. The first-order chi connectivity index (χ1) is 14.4. The highest BCUT2D eigenvalue weighted by molar-refractivity contribution is 7.14. The van der Waals surface area contributed by atoms with E-state index < -0.39 is 0 Å². The minimum absolute atomic E-state index is 0.0970. The number of halogens is 1. The standard InChI is InChI=1S/C22H27ClN4O2S/c1-15(28)26-11-5-9-21(26)20-8-4-10-25(20)13-18-14-30-22(24-18)27(16(2)29)19-7-3-6-17(23)12-19/h3,6-7,12,14,20-21H,4-5,8-11,13H2,1-2H3/t20-,21+/m1/s1. The summed E-state index contributed by atoms with van der Waals surface area (Å²) >= 11 is 7.59. The number of hydrogen-bond donors (Lipinski definition) is 0. The van der Waals surface area contributed by atoms with Crippen LogP contribution < -0.4 is 4.90 Å². The smallest absolute Gasteiger partial charge is 0.230 e. The molecule has 2 aliphatic heterocycles. The fourth-order valence-corrected chi connectivity index (χ4v) is 5.85. The Morgan fingerprint density at radius 1 is 1.20 bits per heavy atom. The van der Waals surface area contributed by atoms with E-state index in [1.807, 2.05) is 22.4 Å². The summed E-state index contributed by atoms with van der Waals surface area (Å²) in [5, 5.41) is 3.27. The van der Waals surface area contributed by atoms with Gasteiger partial charge in [0.2, 0.25) is 11.8 Å². The van der Waals surface area contributed by atoms with Crippen LogP contribution in [0.25, 0.3) is 0 Å². The quantitative estimate of drug-likeness (QED) is 0.680. The average Bonchev–Trinajstić information content (AvgIpc) is 3.42. The summed E-state index contributed by atoms with van der Waals surface area (Å²) < 4.78 is 0. The van der Waals surface area contributed by atoms with E-state index in [-0.39, 0.29) is 11.8 Å². The molecular formula is C22H27ClN4O2S. The zero-order valence-corrected chi connectivity index (χ0v) is 19.0. The summed E-state index contributed by atoms with van der Waals surface area (Å²) in [6, 6.07) is 7.96. The van der Waals surface area contributed by atoms with Crippen LogP contribution in [-0.2, 0) is 16.1 Å². The molecule has 2 aliphatic rings. The topological polar surface area (TPSA) is 56.8 Å². The first-order valence-electron chi connectivity index (χ1n) is 10.5. The van der Waals surface area contributed by atoms with Crippen LogP contribution in [0.15, 0.2) is 29.6 Å². The maximum atomic E-state index is 12.3. The summed E-state index contributed by atoms with van der Waals surface area (Å²) in [7, 11) is 0. The van der Waals surface area contributed by atoms with Crippen molar-refractivity contribution in [1.82, 2.24) is 14.8 Å². The van der Waals surface area contributed by atoms with Gasteiger partial charge in [0.15, 0.2) is 5.13 Å². The molecule has 2 amide bonds. The van der Waals surface area contributed by atoms with Gasteiger partial charge in [0.05, 0.1) is 11.4 Å². The molecule has 30 heavy (non-hydrogen) atoms. The second kappa shape index (κ2) is 9.04. The summed E-state index contributed by atoms with van der Waals surface area (Å²) in [6.45, 7) is 5.85. The second-order valence-electron chi connectivity index (χ2n) is 8.06. The molecule has 3 heterocycles. The van der Waals surface area contributed by atoms with E-state index in [9.17, 15) is 9.59 Å². The minimum Gasteiger partial charge on any atom is -0.338 e. The zero-order valence-electron chi connectivity index (χ0n) is 17.4. The molecule has 0 bridgehead atoms. The molecule has 8 heteroatoms. The Morgan fingerprint density at radius 2 is 1.97 bits per heavy atom. The maximum Gasteiger partial charge on any atom is 0.230 e. The van der Waals surface area contributed by atoms with Crippen molar-refractivity contribution >= 4 is 45.6 Å². The van der Waals surface area contributed by atoms with E-state index in [4.69, 9.17) is 16.6 Å². The Labute approximate surface area is 186 Å². The van der Waals surface area contributed by atoms with Crippen LogP contribution in [0.4, 0.5) is 10.8 Å². The summed E-state index contributed by atoms with van der Waals surface area (Å²) in [4.78, 5) is 35.3. The van der Waals surface area contributed by atoms with Crippen molar-refractivity contribution < 1.29 is 9.59 Å². The number of anilines is 2. The lowest BCUT2D eigenvalue weighted by Crippen LogP contribution is -2.47. The molecule has 2 saturated heterocycles. The normalized spacial score (nSPS) is 21.9. The third kappa shape index (κ3) is 4.38. The fraction of sp³-hybridized carbons (Fsp3) is 0.500. The number of carbonyl (C=O) groups is 2. The number of nitrogens with zero attached hydrogens (tertiary/aromatic N) is 4. The van der Waals surface area contributed by atoms with E-state index in [2.05, 4.69) is 4.90 Å². The molecule has 1 aromatic heterocycles. The number of amides is 2. The van der Waals surface area contributed by atoms with Crippen LogP contribution in [0.3, 0.4) is 0 Å². The SMILES string of the molecule is CC(=O)N(c1cccc(Cl)c1)c1nc(CN2CCC[C@@H]2[C@@H]2CCCN2C(C)=O)cs1. The number of rotatable bonds is 5.